The monoisotopic (exact) mass is 381 g/mol. The number of carbonyl (C=O) groups excluding carboxylic acids is 3. The second-order valence-electron chi connectivity index (χ2n) is 6.64. The van der Waals surface area contributed by atoms with Crippen LogP contribution in [0.1, 0.15) is 30.1 Å². The summed E-state index contributed by atoms with van der Waals surface area (Å²) in [5.41, 5.74) is 1.69. The molecule has 1 aliphatic rings. The maximum atomic E-state index is 12.7. The number of ether oxygens (including phenoxy) is 1. The summed E-state index contributed by atoms with van der Waals surface area (Å²) >= 11 is 0. The van der Waals surface area contributed by atoms with Crippen LogP contribution < -0.4 is 15.4 Å². The van der Waals surface area contributed by atoms with Crippen LogP contribution in [-0.2, 0) is 4.79 Å². The van der Waals surface area contributed by atoms with Crippen molar-refractivity contribution in [3.8, 4) is 5.75 Å². The predicted molar refractivity (Wildman–Crippen MR) is 107 cm³/mol. The van der Waals surface area contributed by atoms with E-state index in [0.717, 1.165) is 6.42 Å². The first kappa shape index (κ1) is 19.4. The second kappa shape index (κ2) is 8.56. The van der Waals surface area contributed by atoms with Crippen LogP contribution in [-0.4, -0.2) is 42.3 Å². The van der Waals surface area contributed by atoms with E-state index >= 15 is 0 Å². The van der Waals surface area contributed by atoms with Crippen LogP contribution in [0.3, 0.4) is 0 Å². The molecule has 1 fully saturated rings. The number of ketones is 1. The van der Waals surface area contributed by atoms with Gasteiger partial charge in [-0.2, -0.15) is 0 Å². The zero-order valence-corrected chi connectivity index (χ0v) is 15.9. The van der Waals surface area contributed by atoms with Crippen molar-refractivity contribution in [2.75, 3.05) is 24.3 Å². The molecule has 7 heteroatoms. The highest BCUT2D eigenvalue weighted by Crippen LogP contribution is 2.22. The molecule has 28 heavy (non-hydrogen) atoms. The minimum absolute atomic E-state index is 0.0750. The summed E-state index contributed by atoms with van der Waals surface area (Å²) in [6.07, 6.45) is 1.35. The minimum atomic E-state index is -0.543. The Balaban J connectivity index is 1.65. The summed E-state index contributed by atoms with van der Waals surface area (Å²) in [5, 5.41) is 5.63. The first-order valence-corrected chi connectivity index (χ1v) is 9.11. The van der Waals surface area contributed by atoms with Crippen molar-refractivity contribution in [1.82, 2.24) is 4.90 Å². The molecular weight excluding hydrogens is 358 g/mol. The molecule has 0 bridgehead atoms. The molecule has 2 N–H and O–H groups in total. The van der Waals surface area contributed by atoms with E-state index in [2.05, 4.69) is 10.6 Å². The number of hydrogen-bond acceptors (Lipinski definition) is 4. The van der Waals surface area contributed by atoms with Gasteiger partial charge in [-0.05, 0) is 56.2 Å². The number of amides is 3. The molecule has 0 aromatic heterocycles. The summed E-state index contributed by atoms with van der Waals surface area (Å²) in [7, 11) is 1.58. The third-order valence-electron chi connectivity index (χ3n) is 4.69. The number of rotatable bonds is 5. The van der Waals surface area contributed by atoms with Gasteiger partial charge in [0, 0.05) is 23.5 Å². The average molecular weight is 381 g/mol. The molecule has 3 amide bonds. The Morgan fingerprint density at radius 2 is 1.79 bits per heavy atom. The van der Waals surface area contributed by atoms with Crippen molar-refractivity contribution in [3.05, 3.63) is 54.1 Å². The third kappa shape index (κ3) is 4.49. The van der Waals surface area contributed by atoms with Gasteiger partial charge in [-0.25, -0.2) is 4.79 Å². The highest BCUT2D eigenvalue weighted by atomic mass is 16.5. The van der Waals surface area contributed by atoms with E-state index in [4.69, 9.17) is 4.74 Å². The van der Waals surface area contributed by atoms with E-state index in [0.29, 0.717) is 35.7 Å². The van der Waals surface area contributed by atoms with E-state index in [1.807, 2.05) is 0 Å². The van der Waals surface area contributed by atoms with Crippen molar-refractivity contribution >= 4 is 29.1 Å². The Bertz CT molecular complexity index is 879. The van der Waals surface area contributed by atoms with Crippen LogP contribution in [0.15, 0.2) is 48.5 Å². The van der Waals surface area contributed by atoms with Crippen LogP contribution in [0.5, 0.6) is 5.75 Å². The van der Waals surface area contributed by atoms with Crippen molar-refractivity contribution in [1.29, 1.82) is 0 Å². The number of methoxy groups -OCH3 is 1. The number of urea groups is 1. The fourth-order valence-corrected chi connectivity index (χ4v) is 3.19. The van der Waals surface area contributed by atoms with Gasteiger partial charge in [0.15, 0.2) is 5.78 Å². The lowest BCUT2D eigenvalue weighted by atomic mass is 10.1. The second-order valence-corrected chi connectivity index (χ2v) is 6.64. The summed E-state index contributed by atoms with van der Waals surface area (Å²) in [4.78, 5) is 38.4. The highest BCUT2D eigenvalue weighted by Gasteiger charge is 2.34. The molecule has 0 aliphatic carbocycles. The van der Waals surface area contributed by atoms with Gasteiger partial charge in [-0.3, -0.25) is 9.59 Å². The highest BCUT2D eigenvalue weighted by molar-refractivity contribution is 6.00. The fourth-order valence-electron chi connectivity index (χ4n) is 3.19. The van der Waals surface area contributed by atoms with Crippen molar-refractivity contribution in [2.24, 2.45) is 0 Å². The Morgan fingerprint density at radius 1 is 1.04 bits per heavy atom. The van der Waals surface area contributed by atoms with Gasteiger partial charge in [0.25, 0.3) is 0 Å². The van der Waals surface area contributed by atoms with Crippen molar-refractivity contribution < 1.29 is 19.1 Å². The molecule has 1 aliphatic heterocycles. The molecule has 1 atom stereocenters. The molecular formula is C21H23N3O4. The third-order valence-corrected chi connectivity index (χ3v) is 4.69. The van der Waals surface area contributed by atoms with Crippen LogP contribution in [0.2, 0.25) is 0 Å². The van der Waals surface area contributed by atoms with Gasteiger partial charge in [-0.15, -0.1) is 0 Å². The van der Waals surface area contributed by atoms with E-state index in [9.17, 15) is 14.4 Å². The number of nitrogens with zero attached hydrogens (tertiary/aromatic N) is 1. The molecule has 0 spiro atoms. The molecule has 1 saturated heterocycles. The van der Waals surface area contributed by atoms with Gasteiger partial charge in [0.2, 0.25) is 5.91 Å². The summed E-state index contributed by atoms with van der Waals surface area (Å²) in [6, 6.07) is 12.9. The first-order valence-electron chi connectivity index (χ1n) is 9.11. The number of hydrogen-bond donors (Lipinski definition) is 2. The average Bonchev–Trinajstić information content (AvgIpc) is 3.19. The largest absolute Gasteiger partial charge is 0.497 e. The molecule has 0 saturated carbocycles. The summed E-state index contributed by atoms with van der Waals surface area (Å²) in [6.45, 7) is 1.97. The quantitative estimate of drug-likeness (QED) is 0.776. The standard InChI is InChI=1S/C21H23N3O4/c1-14(25)15-5-3-6-17(13-15)23-21(27)24-12-4-7-19(24)20(26)22-16-8-10-18(28-2)11-9-16/h3,5-6,8-11,13,19H,4,7,12H2,1-2H3,(H,22,26)(H,23,27)/t19-/m1/s1. The van der Waals surface area contributed by atoms with E-state index in [1.165, 1.54) is 11.8 Å². The van der Waals surface area contributed by atoms with Crippen molar-refractivity contribution in [3.63, 3.8) is 0 Å². The summed E-state index contributed by atoms with van der Waals surface area (Å²) in [5.74, 6) is 0.400. The molecule has 7 nitrogen and oxygen atoms in total. The number of likely N-dealkylation sites (tertiary alicyclic amines) is 1. The molecule has 146 valence electrons. The number of Topliss-reactive ketones (excluding diaryl/α,β-unsaturated/α-hetero) is 1. The van der Waals surface area contributed by atoms with Crippen molar-refractivity contribution in [2.45, 2.75) is 25.8 Å². The van der Waals surface area contributed by atoms with Gasteiger partial charge < -0.3 is 20.3 Å². The van der Waals surface area contributed by atoms with E-state index in [1.54, 1.807) is 55.6 Å². The lowest BCUT2D eigenvalue weighted by Crippen LogP contribution is -2.45. The first-order chi connectivity index (χ1) is 13.5. The van der Waals surface area contributed by atoms with Gasteiger partial charge in [0.1, 0.15) is 11.8 Å². The van der Waals surface area contributed by atoms with E-state index < -0.39 is 6.04 Å². The topological polar surface area (TPSA) is 87.7 Å². The summed E-state index contributed by atoms with van der Waals surface area (Å²) < 4.78 is 5.11. The van der Waals surface area contributed by atoms with Crippen LogP contribution in [0.4, 0.5) is 16.2 Å². The normalized spacial score (nSPS) is 15.8. The van der Waals surface area contributed by atoms with Gasteiger partial charge in [0.05, 0.1) is 7.11 Å². The van der Waals surface area contributed by atoms with Gasteiger partial charge >= 0.3 is 6.03 Å². The number of nitrogens with one attached hydrogen (secondary N) is 2. The lowest BCUT2D eigenvalue weighted by molar-refractivity contribution is -0.119. The Labute approximate surface area is 163 Å². The SMILES string of the molecule is COc1ccc(NC(=O)[C@H]2CCCN2C(=O)Nc2cccc(C(C)=O)c2)cc1. The molecule has 0 radical (unpaired) electrons. The molecule has 0 unspecified atom stereocenters. The lowest BCUT2D eigenvalue weighted by Gasteiger charge is -2.24. The fraction of sp³-hybridized carbons (Fsp3) is 0.286. The van der Waals surface area contributed by atoms with Crippen LogP contribution in [0.25, 0.3) is 0 Å². The number of benzene rings is 2. The van der Waals surface area contributed by atoms with Gasteiger partial charge in [-0.1, -0.05) is 12.1 Å². The van der Waals surface area contributed by atoms with E-state index in [-0.39, 0.29) is 17.7 Å². The molecule has 2 aromatic carbocycles. The number of carbonyl (C=O) groups is 3. The Morgan fingerprint density at radius 3 is 2.46 bits per heavy atom. The smallest absolute Gasteiger partial charge is 0.322 e. The zero-order valence-electron chi connectivity index (χ0n) is 15.9. The maximum absolute atomic E-state index is 12.7. The van der Waals surface area contributed by atoms with Crippen LogP contribution in [0, 0.1) is 0 Å². The Hall–Kier alpha value is -3.35. The maximum Gasteiger partial charge on any atom is 0.322 e. The Kier molecular flexibility index (Phi) is 5.93. The predicted octanol–water partition coefficient (Wildman–Crippen LogP) is 3.53. The molecule has 3 rings (SSSR count). The zero-order chi connectivity index (χ0) is 20.1. The molecule has 1 heterocycles. The van der Waals surface area contributed by atoms with Crippen LogP contribution >= 0.6 is 0 Å². The number of anilines is 2. The molecule has 2 aromatic rings. The minimum Gasteiger partial charge on any atom is -0.497 e.